The fourth-order valence-corrected chi connectivity index (χ4v) is 2.44. The van der Waals surface area contributed by atoms with Gasteiger partial charge in [0.25, 0.3) is 0 Å². The summed E-state index contributed by atoms with van der Waals surface area (Å²) in [5, 5.41) is 0.687. The molecule has 2 N–H and O–H groups in total. The second kappa shape index (κ2) is 7.69. The zero-order chi connectivity index (χ0) is 15.2. The molecular weight excluding hydrogens is 354 g/mol. The Bertz CT molecular complexity index is 589. The zero-order valence-electron chi connectivity index (χ0n) is 11.7. The average Bonchev–Trinajstić information content (AvgIpc) is 2.49. The Morgan fingerprint density at radius 1 is 1.14 bits per heavy atom. The first-order valence-corrected chi connectivity index (χ1v) is 7.72. The molecule has 0 bridgehead atoms. The van der Waals surface area contributed by atoms with E-state index in [4.69, 9.17) is 26.8 Å². The van der Waals surface area contributed by atoms with Crippen LogP contribution in [0.4, 0.5) is 0 Å². The number of hydrogen-bond donors (Lipinski definition) is 1. The van der Waals surface area contributed by atoms with Crippen LogP contribution in [0, 0.1) is 0 Å². The first kappa shape index (κ1) is 16.1. The average molecular weight is 371 g/mol. The van der Waals surface area contributed by atoms with E-state index in [-0.39, 0.29) is 6.04 Å². The molecule has 0 saturated carbocycles. The van der Waals surface area contributed by atoms with Crippen LogP contribution in [0.5, 0.6) is 11.5 Å². The van der Waals surface area contributed by atoms with Crippen molar-refractivity contribution in [1.82, 2.24) is 0 Å². The van der Waals surface area contributed by atoms with Gasteiger partial charge < -0.3 is 15.2 Å². The van der Waals surface area contributed by atoms with Crippen LogP contribution in [0.3, 0.4) is 0 Å². The number of benzene rings is 2. The number of rotatable bonds is 6. The highest BCUT2D eigenvalue weighted by Crippen LogP contribution is 2.23. The Hall–Kier alpha value is -1.23. The second-order valence-corrected chi connectivity index (χ2v) is 5.98. The smallest absolute Gasteiger partial charge is 0.119 e. The summed E-state index contributed by atoms with van der Waals surface area (Å²) in [5.41, 5.74) is 7.23. The van der Waals surface area contributed by atoms with Gasteiger partial charge in [-0.2, -0.15) is 0 Å². The molecule has 2 aromatic carbocycles. The van der Waals surface area contributed by atoms with Crippen LogP contribution >= 0.6 is 27.5 Å². The predicted molar refractivity (Wildman–Crippen MR) is 89.3 cm³/mol. The monoisotopic (exact) mass is 369 g/mol. The number of ether oxygens (including phenoxy) is 2. The van der Waals surface area contributed by atoms with Crippen molar-refractivity contribution in [2.75, 3.05) is 13.7 Å². The summed E-state index contributed by atoms with van der Waals surface area (Å²) in [6.45, 7) is 0.436. The molecule has 112 valence electrons. The van der Waals surface area contributed by atoms with Crippen molar-refractivity contribution < 1.29 is 9.47 Å². The molecule has 1 unspecified atom stereocenters. The number of halogens is 2. The molecule has 5 heteroatoms. The minimum absolute atomic E-state index is 0.107. The van der Waals surface area contributed by atoms with Gasteiger partial charge in [0.15, 0.2) is 0 Å². The Morgan fingerprint density at radius 3 is 2.48 bits per heavy atom. The van der Waals surface area contributed by atoms with Gasteiger partial charge in [0.1, 0.15) is 18.1 Å². The summed E-state index contributed by atoms with van der Waals surface area (Å²) in [6, 6.07) is 13.0. The van der Waals surface area contributed by atoms with E-state index in [2.05, 4.69) is 15.9 Å². The maximum atomic E-state index is 6.13. The maximum Gasteiger partial charge on any atom is 0.119 e. The van der Waals surface area contributed by atoms with Crippen LogP contribution in [0.25, 0.3) is 0 Å². The molecule has 0 amide bonds. The van der Waals surface area contributed by atoms with Gasteiger partial charge in [-0.15, -0.1) is 0 Å². The molecule has 0 spiro atoms. The minimum Gasteiger partial charge on any atom is -0.497 e. The van der Waals surface area contributed by atoms with E-state index < -0.39 is 0 Å². The summed E-state index contributed by atoms with van der Waals surface area (Å²) in [5.74, 6) is 1.58. The molecule has 21 heavy (non-hydrogen) atoms. The van der Waals surface area contributed by atoms with Gasteiger partial charge in [-0.3, -0.25) is 0 Å². The highest BCUT2D eigenvalue weighted by atomic mass is 79.9. The largest absolute Gasteiger partial charge is 0.497 e. The summed E-state index contributed by atoms with van der Waals surface area (Å²) < 4.78 is 11.9. The summed E-state index contributed by atoms with van der Waals surface area (Å²) >= 11 is 9.36. The van der Waals surface area contributed by atoms with Crippen molar-refractivity contribution in [3.05, 3.63) is 57.5 Å². The van der Waals surface area contributed by atoms with E-state index in [9.17, 15) is 0 Å². The van der Waals surface area contributed by atoms with E-state index in [1.165, 1.54) is 0 Å². The van der Waals surface area contributed by atoms with Gasteiger partial charge in [0, 0.05) is 15.5 Å². The van der Waals surface area contributed by atoms with Crippen molar-refractivity contribution in [2.45, 2.75) is 12.5 Å². The minimum atomic E-state index is -0.107. The van der Waals surface area contributed by atoms with E-state index >= 15 is 0 Å². The van der Waals surface area contributed by atoms with Gasteiger partial charge in [0.05, 0.1) is 7.11 Å². The van der Waals surface area contributed by atoms with Gasteiger partial charge in [-0.1, -0.05) is 27.5 Å². The summed E-state index contributed by atoms with van der Waals surface area (Å²) in [4.78, 5) is 0. The van der Waals surface area contributed by atoms with Crippen molar-refractivity contribution in [3.8, 4) is 11.5 Å². The summed E-state index contributed by atoms with van der Waals surface area (Å²) in [7, 11) is 1.65. The highest BCUT2D eigenvalue weighted by Gasteiger charge is 2.09. The Labute approximate surface area is 138 Å². The molecule has 0 fully saturated rings. The van der Waals surface area contributed by atoms with E-state index in [1.54, 1.807) is 19.2 Å². The molecular formula is C16H17BrClNO2. The predicted octanol–water partition coefficient (Wildman–Crippen LogP) is 4.06. The molecule has 2 aromatic rings. The lowest BCUT2D eigenvalue weighted by atomic mass is 10.1. The van der Waals surface area contributed by atoms with Crippen molar-refractivity contribution >= 4 is 27.5 Å². The molecule has 1 atom stereocenters. The molecule has 2 rings (SSSR count). The molecule has 0 radical (unpaired) electrons. The van der Waals surface area contributed by atoms with Crippen molar-refractivity contribution in [1.29, 1.82) is 0 Å². The van der Waals surface area contributed by atoms with Crippen molar-refractivity contribution in [3.63, 3.8) is 0 Å². The first-order chi connectivity index (χ1) is 10.1. The summed E-state index contributed by atoms with van der Waals surface area (Å²) in [6.07, 6.45) is 0.700. The van der Waals surface area contributed by atoms with Gasteiger partial charge in [0.2, 0.25) is 0 Å². The van der Waals surface area contributed by atoms with Gasteiger partial charge in [-0.25, -0.2) is 0 Å². The van der Waals surface area contributed by atoms with Crippen molar-refractivity contribution in [2.24, 2.45) is 5.73 Å². The Kier molecular flexibility index (Phi) is 5.91. The quantitative estimate of drug-likeness (QED) is 0.834. The van der Waals surface area contributed by atoms with E-state index in [1.807, 2.05) is 30.3 Å². The zero-order valence-corrected chi connectivity index (χ0v) is 14.0. The third-order valence-electron chi connectivity index (χ3n) is 3.01. The Balaban J connectivity index is 1.92. The first-order valence-electron chi connectivity index (χ1n) is 6.55. The van der Waals surface area contributed by atoms with Gasteiger partial charge in [-0.05, 0) is 54.4 Å². The maximum absolute atomic E-state index is 6.13. The van der Waals surface area contributed by atoms with Crippen LogP contribution in [0.2, 0.25) is 5.02 Å². The van der Waals surface area contributed by atoms with Crippen LogP contribution in [0.15, 0.2) is 46.9 Å². The molecule has 3 nitrogen and oxygen atoms in total. The number of hydrogen-bond acceptors (Lipinski definition) is 3. The molecule has 0 aliphatic rings. The van der Waals surface area contributed by atoms with E-state index in [0.29, 0.717) is 18.1 Å². The van der Waals surface area contributed by atoms with Crippen LogP contribution in [-0.4, -0.2) is 19.8 Å². The molecule has 0 aromatic heterocycles. The lowest BCUT2D eigenvalue weighted by Crippen LogP contribution is -2.30. The van der Waals surface area contributed by atoms with Crippen LogP contribution in [0.1, 0.15) is 5.56 Å². The molecule has 0 aliphatic carbocycles. The fourth-order valence-electron chi connectivity index (χ4n) is 1.91. The van der Waals surface area contributed by atoms with Crippen LogP contribution < -0.4 is 15.2 Å². The standard InChI is InChI=1S/C16H17BrClNO2/c1-20-15-6-7-16(17)11(9-15)8-13(19)10-21-14-4-2-12(18)3-5-14/h2-7,9,13H,8,10,19H2,1H3. The number of methoxy groups -OCH3 is 1. The number of nitrogens with two attached hydrogens (primary N) is 1. The third-order valence-corrected chi connectivity index (χ3v) is 4.04. The lowest BCUT2D eigenvalue weighted by Gasteiger charge is -2.15. The molecule has 0 saturated heterocycles. The third kappa shape index (κ3) is 4.92. The molecule has 0 heterocycles. The SMILES string of the molecule is COc1ccc(Br)c(CC(N)COc2ccc(Cl)cc2)c1. The highest BCUT2D eigenvalue weighted by molar-refractivity contribution is 9.10. The van der Waals surface area contributed by atoms with E-state index in [0.717, 1.165) is 21.5 Å². The van der Waals surface area contributed by atoms with Gasteiger partial charge >= 0.3 is 0 Å². The topological polar surface area (TPSA) is 44.5 Å². The Morgan fingerprint density at radius 2 is 1.81 bits per heavy atom. The van der Waals surface area contributed by atoms with Crippen LogP contribution in [-0.2, 0) is 6.42 Å². The molecule has 0 aliphatic heterocycles. The second-order valence-electron chi connectivity index (χ2n) is 4.69. The lowest BCUT2D eigenvalue weighted by molar-refractivity contribution is 0.287. The normalized spacial score (nSPS) is 12.0. The fraction of sp³-hybridized carbons (Fsp3) is 0.250.